The van der Waals surface area contributed by atoms with Crippen LogP contribution in [-0.4, -0.2) is 34.7 Å². The number of carbonyl (C=O) groups excluding carboxylic acids is 4. The molecular weight excluding hydrogens is 576 g/mol. The summed E-state index contributed by atoms with van der Waals surface area (Å²) >= 11 is 6.27. The Morgan fingerprint density at radius 1 is 0.932 bits per heavy atom. The van der Waals surface area contributed by atoms with Crippen molar-refractivity contribution in [2.24, 2.45) is 23.7 Å². The smallest absolute Gasteiger partial charge is 0.339 e. The highest BCUT2D eigenvalue weighted by Gasteiger charge is 2.60. The summed E-state index contributed by atoms with van der Waals surface area (Å²) in [5.41, 5.74) is 5.12. The first-order valence-corrected chi connectivity index (χ1v) is 15.1. The van der Waals surface area contributed by atoms with E-state index in [1.165, 1.54) is 10.5 Å². The number of ether oxygens (including phenoxy) is 1. The van der Waals surface area contributed by atoms with Crippen LogP contribution in [0.15, 0.2) is 84.4 Å². The maximum absolute atomic E-state index is 13.5. The molecule has 1 aromatic heterocycles. The summed E-state index contributed by atoms with van der Waals surface area (Å²) in [6.07, 6.45) is 2.03. The van der Waals surface area contributed by atoms with Crippen LogP contribution in [0.3, 0.4) is 0 Å². The minimum atomic E-state index is -1.01. The van der Waals surface area contributed by atoms with Crippen LogP contribution in [0, 0.1) is 30.6 Å². The van der Waals surface area contributed by atoms with Crippen molar-refractivity contribution < 1.29 is 23.9 Å². The summed E-state index contributed by atoms with van der Waals surface area (Å²) in [6, 6.07) is 20.8. The van der Waals surface area contributed by atoms with E-state index in [1.807, 2.05) is 26.0 Å². The number of allylic oxidation sites excluding steroid dienone is 2. The Labute approximate surface area is 259 Å². The van der Waals surface area contributed by atoms with E-state index in [2.05, 4.69) is 6.08 Å². The molecule has 0 N–H and O–H groups in total. The predicted octanol–water partition coefficient (Wildman–Crippen LogP) is 6.99. The van der Waals surface area contributed by atoms with Crippen molar-refractivity contribution in [1.82, 2.24) is 4.98 Å². The number of Topliss-reactive ketones (excluding diaryl/α,β-unsaturated/α-hetero) is 1. The molecule has 1 aliphatic heterocycles. The summed E-state index contributed by atoms with van der Waals surface area (Å²) in [4.78, 5) is 59.3. The number of imide groups is 1. The molecule has 2 heterocycles. The zero-order valence-corrected chi connectivity index (χ0v) is 25.2. The first kappa shape index (κ1) is 28.2. The number of fused-ring (bicyclic) bond motifs is 6. The van der Waals surface area contributed by atoms with Gasteiger partial charge in [-0.2, -0.15) is 0 Å². The van der Waals surface area contributed by atoms with Gasteiger partial charge in [0.05, 0.1) is 34.3 Å². The molecule has 5 atom stereocenters. The average Bonchev–Trinajstić information content (AvgIpc) is 3.66. The van der Waals surface area contributed by atoms with Crippen molar-refractivity contribution in [3.63, 3.8) is 0 Å². The van der Waals surface area contributed by atoms with Gasteiger partial charge in [0.1, 0.15) is 0 Å². The van der Waals surface area contributed by atoms with Gasteiger partial charge in [0, 0.05) is 21.5 Å². The van der Waals surface area contributed by atoms with Crippen molar-refractivity contribution in [3.8, 4) is 11.3 Å². The summed E-state index contributed by atoms with van der Waals surface area (Å²) < 4.78 is 5.65. The standard InChI is InChI=1S/C36H29ClN2O5/c1-18-4-6-22(7-5-18)33(40)20(3)44-36(43)28-17-30(38-29-13-10-24(37)16-27(28)29)21-8-11-25(12-9-21)39-34(41)31-23-14-19(2)26(15-23)32(31)35(39)42/h4-14,16-17,20,23,26,31-32H,15H2,1-3H3. The van der Waals surface area contributed by atoms with E-state index in [0.29, 0.717) is 38.4 Å². The molecule has 2 bridgehead atoms. The molecule has 3 aromatic carbocycles. The van der Waals surface area contributed by atoms with Crippen LogP contribution in [-0.2, 0) is 14.3 Å². The molecule has 1 saturated carbocycles. The van der Waals surface area contributed by atoms with Crippen LogP contribution in [0.25, 0.3) is 22.2 Å². The highest BCUT2D eigenvalue weighted by atomic mass is 35.5. The largest absolute Gasteiger partial charge is 0.451 e. The number of halogens is 1. The van der Waals surface area contributed by atoms with E-state index < -0.39 is 12.1 Å². The number of esters is 1. The summed E-state index contributed by atoms with van der Waals surface area (Å²) in [7, 11) is 0. The molecule has 3 aliphatic rings. The van der Waals surface area contributed by atoms with Crippen molar-refractivity contribution in [2.75, 3.05) is 4.90 Å². The molecule has 2 aliphatic carbocycles. The number of nitrogens with zero attached hydrogens (tertiary/aromatic N) is 2. The van der Waals surface area contributed by atoms with Gasteiger partial charge in [0.25, 0.3) is 0 Å². The minimum Gasteiger partial charge on any atom is -0.451 e. The zero-order valence-electron chi connectivity index (χ0n) is 24.4. The van der Waals surface area contributed by atoms with Crippen LogP contribution in [0.4, 0.5) is 5.69 Å². The fourth-order valence-corrected chi connectivity index (χ4v) is 7.23. The molecule has 4 aromatic rings. The van der Waals surface area contributed by atoms with Crippen molar-refractivity contribution in [1.29, 1.82) is 0 Å². The minimum absolute atomic E-state index is 0.132. The van der Waals surface area contributed by atoms with Gasteiger partial charge in [0.15, 0.2) is 6.10 Å². The molecule has 2 amide bonds. The highest BCUT2D eigenvalue weighted by Crippen LogP contribution is 2.56. The van der Waals surface area contributed by atoms with E-state index in [9.17, 15) is 19.2 Å². The third-order valence-corrected chi connectivity index (χ3v) is 9.52. The summed E-state index contributed by atoms with van der Waals surface area (Å²) in [6.45, 7) is 5.53. The second-order valence-electron chi connectivity index (χ2n) is 12.0. The van der Waals surface area contributed by atoms with Crippen LogP contribution in [0.2, 0.25) is 5.02 Å². The SMILES string of the molecule is CC1=CC2CC1C1C(=O)N(c3ccc(-c4cc(C(=O)OC(C)C(=O)c5ccc(C)cc5)c5cc(Cl)ccc5n4)cc3)C(=O)C21. The number of pyridine rings is 1. The first-order valence-electron chi connectivity index (χ1n) is 14.7. The molecular formula is C36H29ClN2O5. The molecule has 0 radical (unpaired) electrons. The first-order chi connectivity index (χ1) is 21.1. The fourth-order valence-electron chi connectivity index (χ4n) is 7.05. The lowest BCUT2D eigenvalue weighted by molar-refractivity contribution is -0.123. The van der Waals surface area contributed by atoms with Crippen LogP contribution < -0.4 is 4.90 Å². The number of benzene rings is 3. The Morgan fingerprint density at radius 3 is 2.36 bits per heavy atom. The Hall–Kier alpha value is -4.62. The van der Waals surface area contributed by atoms with Crippen LogP contribution in [0.5, 0.6) is 0 Å². The lowest BCUT2D eigenvalue weighted by Gasteiger charge is -2.19. The number of hydrogen-bond acceptors (Lipinski definition) is 6. The summed E-state index contributed by atoms with van der Waals surface area (Å²) in [5, 5.41) is 0.925. The van der Waals surface area contributed by atoms with E-state index in [0.717, 1.165) is 12.0 Å². The van der Waals surface area contributed by atoms with Gasteiger partial charge in [-0.25, -0.2) is 9.78 Å². The van der Waals surface area contributed by atoms with Gasteiger partial charge in [-0.3, -0.25) is 19.3 Å². The fraction of sp³-hybridized carbons (Fsp3) is 0.250. The van der Waals surface area contributed by atoms with Crippen molar-refractivity contribution in [2.45, 2.75) is 33.3 Å². The predicted molar refractivity (Wildman–Crippen MR) is 167 cm³/mol. The second kappa shape index (κ2) is 10.5. The normalized spacial score (nSPS) is 22.7. The molecule has 8 heteroatoms. The topological polar surface area (TPSA) is 93.6 Å². The molecule has 220 valence electrons. The number of ketones is 1. The lowest BCUT2D eigenvalue weighted by atomic mass is 9.82. The van der Waals surface area contributed by atoms with Crippen LogP contribution in [0.1, 0.15) is 46.5 Å². The third-order valence-electron chi connectivity index (χ3n) is 9.28. The number of carbonyl (C=O) groups is 4. The molecule has 7 nitrogen and oxygen atoms in total. The highest BCUT2D eigenvalue weighted by molar-refractivity contribution is 6.31. The quantitative estimate of drug-likeness (QED) is 0.102. The van der Waals surface area contributed by atoms with E-state index in [1.54, 1.807) is 67.6 Å². The maximum atomic E-state index is 13.5. The van der Waals surface area contributed by atoms with Crippen LogP contribution >= 0.6 is 11.6 Å². The van der Waals surface area contributed by atoms with Gasteiger partial charge in [-0.15, -0.1) is 0 Å². The third kappa shape index (κ3) is 4.54. The number of aryl methyl sites for hydroxylation is 1. The van der Waals surface area contributed by atoms with Gasteiger partial charge < -0.3 is 4.74 Å². The molecule has 44 heavy (non-hydrogen) atoms. The molecule has 5 unspecified atom stereocenters. The monoisotopic (exact) mass is 604 g/mol. The summed E-state index contributed by atoms with van der Waals surface area (Å²) in [5.74, 6) is -1.53. The number of aromatic nitrogens is 1. The molecule has 0 spiro atoms. The second-order valence-corrected chi connectivity index (χ2v) is 12.5. The van der Waals surface area contributed by atoms with E-state index >= 15 is 0 Å². The lowest BCUT2D eigenvalue weighted by Crippen LogP contribution is -2.32. The van der Waals surface area contributed by atoms with Crippen molar-refractivity contribution in [3.05, 3.63) is 106 Å². The van der Waals surface area contributed by atoms with E-state index in [4.69, 9.17) is 21.3 Å². The Morgan fingerprint density at radius 2 is 1.64 bits per heavy atom. The molecule has 2 fully saturated rings. The number of amides is 2. The Balaban J connectivity index is 1.17. The Bertz CT molecular complexity index is 1910. The number of rotatable bonds is 6. The molecule has 7 rings (SSSR count). The average molecular weight is 605 g/mol. The van der Waals surface area contributed by atoms with Gasteiger partial charge >= 0.3 is 5.97 Å². The molecule has 1 saturated heterocycles. The van der Waals surface area contributed by atoms with Gasteiger partial charge in [-0.1, -0.05) is 65.2 Å². The van der Waals surface area contributed by atoms with Gasteiger partial charge in [-0.05, 0) is 75.4 Å². The zero-order chi connectivity index (χ0) is 30.9. The van der Waals surface area contributed by atoms with Gasteiger partial charge in [0.2, 0.25) is 17.6 Å². The van der Waals surface area contributed by atoms with Crippen molar-refractivity contribution >= 4 is 51.8 Å². The Kier molecular flexibility index (Phi) is 6.74. The number of anilines is 1. The maximum Gasteiger partial charge on any atom is 0.339 e. The van der Waals surface area contributed by atoms with E-state index in [-0.39, 0.29) is 46.8 Å². The number of hydrogen-bond donors (Lipinski definition) is 0.